The SMILES string of the molecule is C[Si](C)(C)CCOCN(COCC[Si](C)(C)C)c1cc(C2C[C@H]3CC[C@@H](C2)C3)nc2c(-c3ccc(C=O)c(F)c3)cnn12. The molecule has 2 aliphatic carbocycles. The highest BCUT2D eigenvalue weighted by Crippen LogP contribution is 2.48. The third-order valence-corrected chi connectivity index (χ3v) is 12.4. The molecule has 2 bridgehead atoms. The lowest BCUT2D eigenvalue weighted by atomic mass is 9.79. The van der Waals surface area contributed by atoms with Crippen LogP contribution in [0, 0.1) is 17.7 Å². The van der Waals surface area contributed by atoms with Crippen LogP contribution in [-0.4, -0.2) is 63.7 Å². The van der Waals surface area contributed by atoms with Crippen LogP contribution in [0.2, 0.25) is 51.4 Å². The number of halogens is 1. The van der Waals surface area contributed by atoms with Gasteiger partial charge in [-0.15, -0.1) is 0 Å². The molecular formula is C33H49FN4O3Si2. The number of benzene rings is 1. The Balaban J connectivity index is 1.53. The van der Waals surface area contributed by atoms with E-state index in [0.29, 0.717) is 50.1 Å². The number of rotatable bonds is 14. The molecule has 2 fully saturated rings. The number of hydrogen-bond acceptors (Lipinski definition) is 6. The van der Waals surface area contributed by atoms with Crippen LogP contribution in [0.3, 0.4) is 0 Å². The van der Waals surface area contributed by atoms with Gasteiger partial charge >= 0.3 is 0 Å². The molecule has 0 spiro atoms. The zero-order chi connectivity index (χ0) is 30.8. The summed E-state index contributed by atoms with van der Waals surface area (Å²) in [7, 11) is -2.48. The van der Waals surface area contributed by atoms with Crippen molar-refractivity contribution in [2.45, 2.75) is 89.4 Å². The van der Waals surface area contributed by atoms with Crippen molar-refractivity contribution in [2.75, 3.05) is 31.6 Å². The molecule has 7 nitrogen and oxygen atoms in total. The Morgan fingerprint density at radius 1 is 0.953 bits per heavy atom. The van der Waals surface area contributed by atoms with Crippen molar-refractivity contribution >= 4 is 33.9 Å². The van der Waals surface area contributed by atoms with Crippen LogP contribution in [-0.2, 0) is 9.47 Å². The minimum atomic E-state index is -1.24. The second-order valence-corrected chi connectivity index (χ2v) is 26.4. The maximum absolute atomic E-state index is 14.7. The van der Waals surface area contributed by atoms with E-state index in [2.05, 4.69) is 50.2 Å². The van der Waals surface area contributed by atoms with Gasteiger partial charge in [0.1, 0.15) is 25.1 Å². The summed E-state index contributed by atoms with van der Waals surface area (Å²) in [5.41, 5.74) is 3.21. The molecule has 0 amide bonds. The van der Waals surface area contributed by atoms with Crippen LogP contribution >= 0.6 is 0 Å². The number of carbonyl (C=O) groups excluding carboxylic acids is 1. The predicted octanol–water partition coefficient (Wildman–Crippen LogP) is 8.07. The fraction of sp³-hybridized carbons (Fsp3) is 0.606. The van der Waals surface area contributed by atoms with Gasteiger partial charge in [-0.3, -0.25) is 4.79 Å². The van der Waals surface area contributed by atoms with Gasteiger partial charge in [-0.25, -0.2) is 9.37 Å². The Bertz CT molecular complexity index is 1380. The summed E-state index contributed by atoms with van der Waals surface area (Å²) in [6.45, 7) is 16.4. The number of hydrogen-bond donors (Lipinski definition) is 0. The predicted molar refractivity (Wildman–Crippen MR) is 177 cm³/mol. The topological polar surface area (TPSA) is 69.0 Å². The molecule has 5 rings (SSSR count). The second kappa shape index (κ2) is 13.3. The van der Waals surface area contributed by atoms with E-state index < -0.39 is 22.0 Å². The van der Waals surface area contributed by atoms with Gasteiger partial charge in [0, 0.05) is 52.6 Å². The van der Waals surface area contributed by atoms with Crippen LogP contribution in [0.5, 0.6) is 0 Å². The number of aldehydes is 1. The van der Waals surface area contributed by atoms with Gasteiger partial charge < -0.3 is 14.4 Å². The van der Waals surface area contributed by atoms with Gasteiger partial charge in [-0.2, -0.15) is 9.61 Å². The van der Waals surface area contributed by atoms with Crippen LogP contribution in [0.4, 0.5) is 10.2 Å². The monoisotopic (exact) mass is 624 g/mol. The Hall–Kier alpha value is -2.41. The van der Waals surface area contributed by atoms with E-state index in [4.69, 9.17) is 19.6 Å². The van der Waals surface area contributed by atoms with E-state index in [1.807, 2.05) is 4.52 Å². The van der Waals surface area contributed by atoms with Crippen molar-refractivity contribution in [1.82, 2.24) is 14.6 Å². The average Bonchev–Trinajstić information content (AvgIpc) is 3.52. The summed E-state index contributed by atoms with van der Waals surface area (Å²) in [6.07, 6.45) is 8.59. The maximum atomic E-state index is 14.7. The minimum absolute atomic E-state index is 0.0457. The Kier molecular flexibility index (Phi) is 9.90. The number of fused-ring (bicyclic) bond motifs is 3. The molecule has 3 atom stereocenters. The first kappa shape index (κ1) is 32.0. The van der Waals surface area contributed by atoms with Crippen molar-refractivity contribution in [3.8, 4) is 11.1 Å². The molecule has 1 aromatic carbocycles. The van der Waals surface area contributed by atoms with Gasteiger partial charge in [-0.05, 0) is 60.9 Å². The summed E-state index contributed by atoms with van der Waals surface area (Å²) in [4.78, 5) is 18.6. The molecule has 2 saturated carbocycles. The third-order valence-electron chi connectivity index (χ3n) is 9.03. The first-order chi connectivity index (χ1) is 20.4. The third kappa shape index (κ3) is 8.20. The fourth-order valence-corrected chi connectivity index (χ4v) is 7.93. The van der Waals surface area contributed by atoms with Gasteiger partial charge in [0.2, 0.25) is 0 Å². The second-order valence-electron chi connectivity index (χ2n) is 15.1. The van der Waals surface area contributed by atoms with E-state index in [1.165, 1.54) is 31.4 Å². The Labute approximate surface area is 258 Å². The van der Waals surface area contributed by atoms with Crippen LogP contribution in [0.15, 0.2) is 30.5 Å². The Morgan fingerprint density at radius 3 is 2.14 bits per heavy atom. The molecular weight excluding hydrogens is 576 g/mol. The lowest BCUT2D eigenvalue weighted by Crippen LogP contribution is -2.33. The molecule has 1 unspecified atom stereocenters. The molecule has 0 aliphatic heterocycles. The highest BCUT2D eigenvalue weighted by Gasteiger charge is 2.36. The zero-order valence-electron chi connectivity index (χ0n) is 26.9. The molecule has 0 saturated heterocycles. The number of aromatic nitrogens is 3. The molecule has 234 valence electrons. The van der Waals surface area contributed by atoms with Gasteiger partial charge in [0.25, 0.3) is 0 Å². The van der Waals surface area contributed by atoms with Crippen molar-refractivity contribution < 1.29 is 18.7 Å². The lowest BCUT2D eigenvalue weighted by molar-refractivity contribution is 0.0942. The van der Waals surface area contributed by atoms with Crippen LogP contribution in [0.1, 0.15) is 54.1 Å². The van der Waals surface area contributed by atoms with Crippen LogP contribution in [0.25, 0.3) is 16.8 Å². The number of ether oxygens (including phenoxy) is 2. The fourth-order valence-electron chi connectivity index (χ4n) is 6.42. The van der Waals surface area contributed by atoms with E-state index >= 15 is 0 Å². The Morgan fingerprint density at radius 2 is 1.58 bits per heavy atom. The van der Waals surface area contributed by atoms with Gasteiger partial charge in [0.15, 0.2) is 11.9 Å². The van der Waals surface area contributed by atoms with Gasteiger partial charge in [-0.1, -0.05) is 58.2 Å². The van der Waals surface area contributed by atoms with E-state index in [-0.39, 0.29) is 5.56 Å². The molecule has 0 radical (unpaired) electrons. The summed E-state index contributed by atoms with van der Waals surface area (Å²) in [5, 5.41) is 4.77. The normalized spacial score (nSPS) is 20.6. The molecule has 2 heterocycles. The van der Waals surface area contributed by atoms with Crippen molar-refractivity contribution in [2.24, 2.45) is 11.8 Å². The summed E-state index contributed by atoms with van der Waals surface area (Å²) in [5.74, 6) is 2.26. The first-order valence-corrected chi connectivity index (χ1v) is 23.4. The molecule has 43 heavy (non-hydrogen) atoms. The summed E-state index contributed by atoms with van der Waals surface area (Å²) >= 11 is 0. The molecule has 10 heteroatoms. The lowest BCUT2D eigenvalue weighted by Gasteiger charge is -2.30. The zero-order valence-corrected chi connectivity index (χ0v) is 28.9. The van der Waals surface area contributed by atoms with E-state index in [0.717, 1.165) is 53.8 Å². The highest BCUT2D eigenvalue weighted by atomic mass is 28.3. The summed E-state index contributed by atoms with van der Waals surface area (Å²) in [6, 6.07) is 9.08. The molecule has 0 N–H and O–H groups in total. The maximum Gasteiger partial charge on any atom is 0.165 e. The van der Waals surface area contributed by atoms with Crippen molar-refractivity contribution in [3.05, 3.63) is 47.5 Å². The average molecular weight is 625 g/mol. The van der Waals surface area contributed by atoms with E-state index in [9.17, 15) is 9.18 Å². The molecule has 2 aromatic heterocycles. The first-order valence-electron chi connectivity index (χ1n) is 15.9. The van der Waals surface area contributed by atoms with Crippen molar-refractivity contribution in [3.63, 3.8) is 0 Å². The highest BCUT2D eigenvalue weighted by molar-refractivity contribution is 6.76. The number of anilines is 1. The molecule has 3 aromatic rings. The summed E-state index contributed by atoms with van der Waals surface area (Å²) < 4.78 is 29.1. The quantitative estimate of drug-likeness (QED) is 0.0782. The van der Waals surface area contributed by atoms with Gasteiger partial charge in [0.05, 0.1) is 11.8 Å². The number of carbonyl (C=O) groups is 1. The largest absolute Gasteiger partial charge is 0.361 e. The van der Waals surface area contributed by atoms with Crippen molar-refractivity contribution in [1.29, 1.82) is 0 Å². The minimum Gasteiger partial charge on any atom is -0.361 e. The molecule has 2 aliphatic rings. The smallest absolute Gasteiger partial charge is 0.165 e. The van der Waals surface area contributed by atoms with Crippen LogP contribution < -0.4 is 4.90 Å². The standard InChI is InChI=1S/C33H49FN4O3Si2/c1-42(2,3)13-11-40-22-37(23-41-12-14-43(4,5)6)32-19-31(28-16-24-7-8-25(15-24)17-28)36-33-29(20-35-38(32)33)26-9-10-27(21-39)30(34)18-26/h9-10,18-21,24-25,28H,7-8,11-17,22-23H2,1-6H3/t24-,25+,28?. The van der Waals surface area contributed by atoms with E-state index in [1.54, 1.807) is 12.3 Å². The number of nitrogens with zero attached hydrogens (tertiary/aromatic N) is 4.